The van der Waals surface area contributed by atoms with Gasteiger partial charge in [-0.1, -0.05) is 6.07 Å². The molecule has 0 atom stereocenters. The van der Waals surface area contributed by atoms with Gasteiger partial charge in [0.15, 0.2) is 5.65 Å². The van der Waals surface area contributed by atoms with E-state index < -0.39 is 11.5 Å². The first kappa shape index (κ1) is 18.1. The van der Waals surface area contributed by atoms with Crippen LogP contribution >= 0.6 is 0 Å². The molecule has 0 aliphatic heterocycles. The molecular weight excluding hydrogens is 375 g/mol. The summed E-state index contributed by atoms with van der Waals surface area (Å²) < 4.78 is 15.7. The number of nitriles is 1. The summed E-state index contributed by atoms with van der Waals surface area (Å²) >= 11 is 0. The lowest BCUT2D eigenvalue weighted by atomic mass is 10.2. The minimum atomic E-state index is -0.436. The zero-order valence-electron chi connectivity index (χ0n) is 14.9. The van der Waals surface area contributed by atoms with Crippen molar-refractivity contribution in [2.75, 3.05) is 5.32 Å². The molecule has 0 radical (unpaired) electrons. The second-order valence-corrected chi connectivity index (χ2v) is 6.19. The van der Waals surface area contributed by atoms with Crippen molar-refractivity contribution < 1.29 is 9.18 Å². The van der Waals surface area contributed by atoms with E-state index in [0.29, 0.717) is 22.6 Å². The summed E-state index contributed by atoms with van der Waals surface area (Å²) in [6, 6.07) is 14.1. The van der Waals surface area contributed by atoms with Gasteiger partial charge in [-0.25, -0.2) is 14.1 Å². The maximum absolute atomic E-state index is 13.1. The van der Waals surface area contributed by atoms with Crippen LogP contribution in [0, 0.1) is 17.1 Å². The van der Waals surface area contributed by atoms with Crippen LogP contribution in [0.3, 0.4) is 0 Å². The molecular formula is C20H13FN6O2. The van der Waals surface area contributed by atoms with E-state index in [-0.39, 0.29) is 17.7 Å². The van der Waals surface area contributed by atoms with Gasteiger partial charge in [-0.3, -0.25) is 14.2 Å². The Morgan fingerprint density at radius 2 is 2.00 bits per heavy atom. The van der Waals surface area contributed by atoms with Crippen molar-refractivity contribution in [3.63, 3.8) is 0 Å². The molecule has 9 heteroatoms. The van der Waals surface area contributed by atoms with Gasteiger partial charge in [0.1, 0.15) is 24.1 Å². The second-order valence-electron chi connectivity index (χ2n) is 6.19. The minimum absolute atomic E-state index is 0.233. The first-order valence-corrected chi connectivity index (χ1v) is 8.54. The highest BCUT2D eigenvalue weighted by Gasteiger charge is 2.13. The molecule has 0 fully saturated rings. The van der Waals surface area contributed by atoms with E-state index in [0.717, 1.165) is 0 Å². The molecule has 8 nitrogen and oxygen atoms in total. The predicted molar refractivity (Wildman–Crippen MR) is 103 cm³/mol. The average molecular weight is 388 g/mol. The van der Waals surface area contributed by atoms with E-state index in [4.69, 9.17) is 5.26 Å². The number of nitrogens with one attached hydrogen (secondary N) is 1. The summed E-state index contributed by atoms with van der Waals surface area (Å²) in [6.07, 6.45) is 2.62. The van der Waals surface area contributed by atoms with Gasteiger partial charge in [0.25, 0.3) is 5.56 Å². The van der Waals surface area contributed by atoms with Gasteiger partial charge >= 0.3 is 0 Å². The average Bonchev–Trinajstić information content (AvgIpc) is 3.15. The quantitative estimate of drug-likeness (QED) is 0.577. The molecule has 2 heterocycles. The van der Waals surface area contributed by atoms with E-state index in [1.54, 1.807) is 18.2 Å². The third kappa shape index (κ3) is 3.59. The molecule has 0 saturated heterocycles. The SMILES string of the molecule is N#Cc1cccc(NC(=O)Cn2cnc3c(cnn3-c3ccc(F)cc3)c2=O)c1. The Bertz CT molecular complexity index is 1320. The van der Waals surface area contributed by atoms with Crippen LogP contribution in [0.15, 0.2) is 65.8 Å². The summed E-state index contributed by atoms with van der Waals surface area (Å²) in [6.45, 7) is -0.250. The van der Waals surface area contributed by atoms with Gasteiger partial charge in [0.2, 0.25) is 5.91 Å². The van der Waals surface area contributed by atoms with Crippen LogP contribution in [0.4, 0.5) is 10.1 Å². The van der Waals surface area contributed by atoms with Crippen molar-refractivity contribution in [2.45, 2.75) is 6.54 Å². The molecule has 4 rings (SSSR count). The van der Waals surface area contributed by atoms with Crippen LogP contribution in [0.1, 0.15) is 5.56 Å². The van der Waals surface area contributed by atoms with Crippen molar-refractivity contribution in [1.29, 1.82) is 5.26 Å². The maximum atomic E-state index is 13.1. The fourth-order valence-corrected chi connectivity index (χ4v) is 2.85. The van der Waals surface area contributed by atoms with Crippen LogP contribution in [-0.2, 0) is 11.3 Å². The highest BCUT2D eigenvalue weighted by atomic mass is 19.1. The Kier molecular flexibility index (Phi) is 4.58. The predicted octanol–water partition coefficient (Wildman–Crippen LogP) is 2.23. The van der Waals surface area contributed by atoms with Gasteiger partial charge < -0.3 is 5.32 Å². The molecule has 0 aliphatic rings. The van der Waals surface area contributed by atoms with Gasteiger partial charge in [-0.05, 0) is 42.5 Å². The zero-order chi connectivity index (χ0) is 20.4. The van der Waals surface area contributed by atoms with Crippen LogP contribution in [0.5, 0.6) is 0 Å². The van der Waals surface area contributed by atoms with Crippen molar-refractivity contribution in [1.82, 2.24) is 19.3 Å². The maximum Gasteiger partial charge on any atom is 0.264 e. The van der Waals surface area contributed by atoms with Crippen LogP contribution in [0.2, 0.25) is 0 Å². The second kappa shape index (κ2) is 7.36. The van der Waals surface area contributed by atoms with Gasteiger partial charge in [0, 0.05) is 5.69 Å². The summed E-state index contributed by atoms with van der Waals surface area (Å²) in [5.74, 6) is -0.818. The number of aromatic nitrogens is 4. The summed E-state index contributed by atoms with van der Waals surface area (Å²) in [4.78, 5) is 29.2. The van der Waals surface area contributed by atoms with Crippen molar-refractivity contribution in [3.8, 4) is 11.8 Å². The normalized spacial score (nSPS) is 10.6. The first-order chi connectivity index (χ1) is 14.0. The smallest absolute Gasteiger partial charge is 0.264 e. The van der Waals surface area contributed by atoms with E-state index in [1.165, 1.54) is 52.1 Å². The molecule has 2 aromatic carbocycles. The number of amides is 1. The Morgan fingerprint density at radius 1 is 1.21 bits per heavy atom. The lowest BCUT2D eigenvalue weighted by molar-refractivity contribution is -0.116. The third-order valence-corrected chi connectivity index (χ3v) is 4.22. The number of carbonyl (C=O) groups excluding carboxylic acids is 1. The number of hydrogen-bond acceptors (Lipinski definition) is 5. The fourth-order valence-electron chi connectivity index (χ4n) is 2.85. The minimum Gasteiger partial charge on any atom is -0.324 e. The molecule has 0 bridgehead atoms. The molecule has 0 unspecified atom stereocenters. The van der Waals surface area contributed by atoms with Gasteiger partial charge in [0.05, 0.1) is 23.5 Å². The molecule has 29 heavy (non-hydrogen) atoms. The molecule has 142 valence electrons. The summed E-state index contributed by atoms with van der Waals surface area (Å²) in [5, 5.41) is 15.9. The first-order valence-electron chi connectivity index (χ1n) is 8.54. The number of fused-ring (bicyclic) bond motifs is 1. The van der Waals surface area contributed by atoms with Crippen LogP contribution in [-0.4, -0.2) is 25.2 Å². The van der Waals surface area contributed by atoms with E-state index in [1.807, 2.05) is 6.07 Å². The highest BCUT2D eigenvalue weighted by Crippen LogP contribution is 2.14. The molecule has 2 aromatic heterocycles. The highest BCUT2D eigenvalue weighted by molar-refractivity contribution is 5.90. The number of hydrogen-bond donors (Lipinski definition) is 1. The molecule has 0 spiro atoms. The number of rotatable bonds is 4. The Morgan fingerprint density at radius 3 is 2.76 bits per heavy atom. The Balaban J connectivity index is 1.59. The van der Waals surface area contributed by atoms with Crippen molar-refractivity contribution >= 4 is 22.6 Å². The van der Waals surface area contributed by atoms with E-state index >= 15 is 0 Å². The van der Waals surface area contributed by atoms with Gasteiger partial charge in [-0.2, -0.15) is 10.4 Å². The largest absolute Gasteiger partial charge is 0.324 e. The van der Waals surface area contributed by atoms with Crippen LogP contribution in [0.25, 0.3) is 16.7 Å². The van der Waals surface area contributed by atoms with E-state index in [9.17, 15) is 14.0 Å². The monoisotopic (exact) mass is 388 g/mol. The molecule has 0 aliphatic carbocycles. The molecule has 1 amide bonds. The zero-order valence-corrected chi connectivity index (χ0v) is 14.9. The van der Waals surface area contributed by atoms with Crippen molar-refractivity contribution in [3.05, 3.63) is 82.8 Å². The fraction of sp³-hybridized carbons (Fsp3) is 0.0500. The number of benzene rings is 2. The van der Waals surface area contributed by atoms with Crippen molar-refractivity contribution in [2.24, 2.45) is 0 Å². The number of anilines is 1. The van der Waals surface area contributed by atoms with E-state index in [2.05, 4.69) is 15.4 Å². The topological polar surface area (TPSA) is 106 Å². The molecule has 0 saturated carbocycles. The number of carbonyl (C=O) groups is 1. The molecule has 1 N–H and O–H groups in total. The lowest BCUT2D eigenvalue weighted by Crippen LogP contribution is -2.27. The number of halogens is 1. The third-order valence-electron chi connectivity index (χ3n) is 4.22. The molecule has 4 aromatic rings. The van der Waals surface area contributed by atoms with Crippen LogP contribution < -0.4 is 10.9 Å². The number of nitrogens with zero attached hydrogens (tertiary/aromatic N) is 5. The summed E-state index contributed by atoms with van der Waals surface area (Å²) in [5.41, 5.74) is 1.31. The lowest BCUT2D eigenvalue weighted by Gasteiger charge is -2.08. The van der Waals surface area contributed by atoms with Gasteiger partial charge in [-0.15, -0.1) is 0 Å². The summed E-state index contributed by atoms with van der Waals surface area (Å²) in [7, 11) is 0. The Hall–Kier alpha value is -4.32. The Labute approximate surface area is 163 Å². The standard InChI is InChI=1S/C20H13FN6O2/c21-14-4-6-16(7-5-14)27-19-17(10-24-27)20(29)26(12-23-19)11-18(28)25-15-3-1-2-13(8-15)9-22/h1-8,10,12H,11H2,(H,25,28).